The molecule has 0 aliphatic carbocycles. The largest absolute Gasteiger partial charge is 0.339 e. The fourth-order valence-electron chi connectivity index (χ4n) is 2.96. The van der Waals surface area contributed by atoms with Gasteiger partial charge in [-0.25, -0.2) is 0 Å². The van der Waals surface area contributed by atoms with E-state index in [-0.39, 0.29) is 0 Å². The van der Waals surface area contributed by atoms with Crippen LogP contribution in [0.15, 0.2) is 42.5 Å². The molecule has 2 aromatic carbocycles. The lowest BCUT2D eigenvalue weighted by molar-refractivity contribution is 0.788. The van der Waals surface area contributed by atoms with Crippen molar-refractivity contribution in [3.8, 4) is 0 Å². The van der Waals surface area contributed by atoms with Crippen LogP contribution in [0.3, 0.4) is 0 Å². The smallest absolute Gasteiger partial charge is 0.0775 e. The number of hydrogen-bond acceptors (Lipinski definition) is 1. The lowest BCUT2D eigenvalue weighted by Gasteiger charge is -2.30. The van der Waals surface area contributed by atoms with Gasteiger partial charge in [0, 0.05) is 17.4 Å². The van der Waals surface area contributed by atoms with Crippen molar-refractivity contribution in [3.05, 3.63) is 53.6 Å². The molecule has 0 unspecified atom stereocenters. The SMILES string of the molecule is Cc1cc(C)cc(N(c2ccc([Si](C)(C)C)cc2)C(C)C)c1. The third kappa shape index (κ3) is 3.80. The highest BCUT2D eigenvalue weighted by atomic mass is 28.3. The van der Waals surface area contributed by atoms with E-state index in [1.807, 2.05) is 0 Å². The Labute approximate surface area is 137 Å². The predicted molar refractivity (Wildman–Crippen MR) is 103 cm³/mol. The fourth-order valence-corrected chi connectivity index (χ4v) is 4.12. The molecule has 2 heteroatoms. The molecule has 118 valence electrons. The number of benzene rings is 2. The molecule has 0 saturated carbocycles. The van der Waals surface area contributed by atoms with Crippen LogP contribution in [0.4, 0.5) is 11.4 Å². The van der Waals surface area contributed by atoms with Crippen LogP contribution >= 0.6 is 0 Å². The number of rotatable bonds is 4. The van der Waals surface area contributed by atoms with Crippen LogP contribution in [0, 0.1) is 13.8 Å². The molecular formula is C20H29NSi. The summed E-state index contributed by atoms with van der Waals surface area (Å²) in [4.78, 5) is 2.42. The van der Waals surface area contributed by atoms with E-state index in [0.29, 0.717) is 6.04 Å². The van der Waals surface area contributed by atoms with E-state index in [2.05, 4.69) is 94.7 Å². The number of anilines is 2. The molecule has 0 atom stereocenters. The van der Waals surface area contributed by atoms with Gasteiger partial charge in [-0.3, -0.25) is 0 Å². The Bertz CT molecular complexity index is 615. The Hall–Kier alpha value is -1.54. The minimum atomic E-state index is -1.23. The zero-order valence-electron chi connectivity index (χ0n) is 15.1. The Morgan fingerprint density at radius 3 is 1.68 bits per heavy atom. The number of hydrogen-bond donors (Lipinski definition) is 0. The molecule has 2 aromatic rings. The summed E-state index contributed by atoms with van der Waals surface area (Å²) < 4.78 is 0. The monoisotopic (exact) mass is 311 g/mol. The van der Waals surface area contributed by atoms with E-state index in [1.54, 1.807) is 0 Å². The van der Waals surface area contributed by atoms with E-state index in [4.69, 9.17) is 0 Å². The maximum Gasteiger partial charge on any atom is 0.0775 e. The summed E-state index contributed by atoms with van der Waals surface area (Å²) in [6.07, 6.45) is 0. The molecule has 0 aliphatic heterocycles. The second kappa shape index (κ2) is 6.29. The summed E-state index contributed by atoms with van der Waals surface area (Å²) in [5.41, 5.74) is 5.20. The molecule has 0 radical (unpaired) electrons. The third-order valence-electron chi connectivity index (χ3n) is 4.01. The van der Waals surface area contributed by atoms with Gasteiger partial charge < -0.3 is 4.90 Å². The Morgan fingerprint density at radius 1 is 0.773 bits per heavy atom. The van der Waals surface area contributed by atoms with Gasteiger partial charge in [-0.05, 0) is 63.1 Å². The highest BCUT2D eigenvalue weighted by molar-refractivity contribution is 6.88. The van der Waals surface area contributed by atoms with Crippen molar-refractivity contribution in [1.82, 2.24) is 0 Å². The van der Waals surface area contributed by atoms with Crippen molar-refractivity contribution in [2.45, 2.75) is 53.4 Å². The molecule has 22 heavy (non-hydrogen) atoms. The number of nitrogens with zero attached hydrogens (tertiary/aromatic N) is 1. The highest BCUT2D eigenvalue weighted by Crippen LogP contribution is 2.29. The first kappa shape index (κ1) is 16.8. The van der Waals surface area contributed by atoms with E-state index in [1.165, 1.54) is 27.7 Å². The quantitative estimate of drug-likeness (QED) is 0.684. The average Bonchev–Trinajstić information content (AvgIpc) is 2.36. The van der Waals surface area contributed by atoms with Gasteiger partial charge in [0.2, 0.25) is 0 Å². The zero-order chi connectivity index (χ0) is 16.5. The van der Waals surface area contributed by atoms with Crippen molar-refractivity contribution < 1.29 is 0 Å². The maximum atomic E-state index is 2.42. The molecule has 0 saturated heterocycles. The maximum absolute atomic E-state index is 2.42. The molecule has 0 heterocycles. The van der Waals surface area contributed by atoms with Gasteiger partial charge in [0.1, 0.15) is 0 Å². The lowest BCUT2D eigenvalue weighted by Crippen LogP contribution is -2.37. The van der Waals surface area contributed by atoms with Crippen LogP contribution in [-0.4, -0.2) is 14.1 Å². The zero-order valence-corrected chi connectivity index (χ0v) is 16.1. The van der Waals surface area contributed by atoms with Crippen LogP contribution in [0.2, 0.25) is 19.6 Å². The van der Waals surface area contributed by atoms with Gasteiger partial charge in [-0.2, -0.15) is 0 Å². The van der Waals surface area contributed by atoms with Crippen molar-refractivity contribution >= 4 is 24.6 Å². The third-order valence-corrected chi connectivity index (χ3v) is 6.08. The Morgan fingerprint density at radius 2 is 1.27 bits per heavy atom. The summed E-state index contributed by atoms with van der Waals surface area (Å²) in [7, 11) is -1.23. The first-order chi connectivity index (χ1) is 10.2. The standard InChI is InChI=1S/C20H29NSi/c1-15(2)21(19-13-16(3)12-17(4)14-19)18-8-10-20(11-9-18)22(5,6)7/h8-15H,1-7H3. The summed E-state index contributed by atoms with van der Waals surface area (Å²) in [5.74, 6) is 0. The Balaban J connectivity index is 2.44. The van der Waals surface area contributed by atoms with Gasteiger partial charge in [0.05, 0.1) is 8.07 Å². The molecule has 0 fully saturated rings. The van der Waals surface area contributed by atoms with Crippen molar-refractivity contribution in [3.63, 3.8) is 0 Å². The van der Waals surface area contributed by atoms with Crippen LogP contribution in [0.5, 0.6) is 0 Å². The molecule has 0 spiro atoms. The first-order valence-electron chi connectivity index (χ1n) is 8.16. The van der Waals surface area contributed by atoms with Gasteiger partial charge in [0.15, 0.2) is 0 Å². The van der Waals surface area contributed by atoms with Crippen molar-refractivity contribution in [2.75, 3.05) is 4.90 Å². The minimum Gasteiger partial charge on any atom is -0.339 e. The Kier molecular flexibility index (Phi) is 4.81. The van der Waals surface area contributed by atoms with E-state index < -0.39 is 8.07 Å². The van der Waals surface area contributed by atoms with E-state index in [9.17, 15) is 0 Å². The molecule has 1 nitrogen and oxygen atoms in total. The molecule has 2 rings (SSSR count). The molecular weight excluding hydrogens is 282 g/mol. The van der Waals surface area contributed by atoms with Crippen molar-refractivity contribution in [1.29, 1.82) is 0 Å². The summed E-state index contributed by atoms with van der Waals surface area (Å²) in [5, 5.41) is 1.51. The predicted octanol–water partition coefficient (Wildman–Crippen LogP) is 5.40. The summed E-state index contributed by atoms with van der Waals surface area (Å²) in [6, 6.07) is 16.4. The fraction of sp³-hybridized carbons (Fsp3) is 0.400. The normalized spacial score (nSPS) is 11.8. The lowest BCUT2D eigenvalue weighted by atomic mass is 10.1. The van der Waals surface area contributed by atoms with Crippen LogP contribution < -0.4 is 10.1 Å². The van der Waals surface area contributed by atoms with Crippen LogP contribution in [0.1, 0.15) is 25.0 Å². The second-order valence-corrected chi connectivity index (χ2v) is 12.7. The highest BCUT2D eigenvalue weighted by Gasteiger charge is 2.18. The molecule has 0 bridgehead atoms. The van der Waals surface area contributed by atoms with Gasteiger partial charge in [-0.15, -0.1) is 0 Å². The number of aryl methyl sites for hydroxylation is 2. The molecule has 0 aliphatic rings. The van der Waals surface area contributed by atoms with Crippen LogP contribution in [-0.2, 0) is 0 Å². The van der Waals surface area contributed by atoms with E-state index >= 15 is 0 Å². The summed E-state index contributed by atoms with van der Waals surface area (Å²) in [6.45, 7) is 16.0. The van der Waals surface area contributed by atoms with Gasteiger partial charge in [0.25, 0.3) is 0 Å². The second-order valence-electron chi connectivity index (χ2n) is 7.61. The minimum absolute atomic E-state index is 0.430. The summed E-state index contributed by atoms with van der Waals surface area (Å²) >= 11 is 0. The molecule has 0 amide bonds. The molecule has 0 aromatic heterocycles. The topological polar surface area (TPSA) is 3.24 Å². The van der Waals surface area contributed by atoms with Crippen molar-refractivity contribution in [2.24, 2.45) is 0 Å². The van der Waals surface area contributed by atoms with Gasteiger partial charge >= 0.3 is 0 Å². The average molecular weight is 312 g/mol. The van der Waals surface area contributed by atoms with E-state index in [0.717, 1.165) is 0 Å². The molecule has 0 N–H and O–H groups in total. The first-order valence-corrected chi connectivity index (χ1v) is 11.7. The van der Waals surface area contributed by atoms with Crippen LogP contribution in [0.25, 0.3) is 0 Å². The van der Waals surface area contributed by atoms with Gasteiger partial charge in [-0.1, -0.05) is 43.0 Å².